The molecule has 1 rings (SSSR count). The van der Waals surface area contributed by atoms with Crippen LogP contribution in [0.25, 0.3) is 0 Å². The summed E-state index contributed by atoms with van der Waals surface area (Å²) < 4.78 is 23.4. The fourth-order valence-electron chi connectivity index (χ4n) is 2.62. The molecule has 118 valence electrons. The molecular weight excluding hydrogens is 288 g/mol. The highest BCUT2D eigenvalue weighted by Crippen LogP contribution is 2.25. The van der Waals surface area contributed by atoms with Crippen LogP contribution in [0.4, 0.5) is 0 Å². The Morgan fingerprint density at radius 3 is 2.33 bits per heavy atom. The van der Waals surface area contributed by atoms with Crippen molar-refractivity contribution in [2.75, 3.05) is 6.54 Å². The van der Waals surface area contributed by atoms with Crippen LogP contribution in [0.3, 0.4) is 0 Å². The third-order valence-corrected chi connectivity index (χ3v) is 4.68. The highest BCUT2D eigenvalue weighted by molar-refractivity contribution is 7.89. The van der Waals surface area contributed by atoms with Gasteiger partial charge in [-0.3, -0.25) is 4.79 Å². The van der Waals surface area contributed by atoms with E-state index in [0.717, 1.165) is 24.8 Å². The lowest BCUT2D eigenvalue weighted by Gasteiger charge is -2.15. The van der Waals surface area contributed by atoms with Gasteiger partial charge in [0.15, 0.2) is 0 Å². The van der Waals surface area contributed by atoms with E-state index in [2.05, 4.69) is 12.2 Å². The average molecular weight is 312 g/mol. The van der Waals surface area contributed by atoms with E-state index in [4.69, 9.17) is 5.14 Å². The fraction of sp³-hybridized carbons (Fsp3) is 0.533. The number of amides is 1. The van der Waals surface area contributed by atoms with E-state index in [1.807, 2.05) is 0 Å². The van der Waals surface area contributed by atoms with Crippen LogP contribution in [0.1, 0.15) is 53.2 Å². The van der Waals surface area contributed by atoms with Crippen LogP contribution in [0.2, 0.25) is 0 Å². The Hall–Kier alpha value is -1.40. The number of unbranched alkanes of at least 4 members (excludes halogenated alkanes) is 2. The normalized spacial score (nSPS) is 11.5. The van der Waals surface area contributed by atoms with Crippen LogP contribution in [0.5, 0.6) is 0 Å². The van der Waals surface area contributed by atoms with E-state index in [1.165, 1.54) is 0 Å². The number of sulfonamides is 1. The smallest absolute Gasteiger partial charge is 0.251 e. The van der Waals surface area contributed by atoms with Crippen molar-refractivity contribution in [2.45, 2.75) is 51.9 Å². The molecule has 1 aromatic rings. The van der Waals surface area contributed by atoms with Crippen molar-refractivity contribution in [1.82, 2.24) is 5.32 Å². The number of aryl methyl sites for hydroxylation is 2. The summed E-state index contributed by atoms with van der Waals surface area (Å²) in [6.07, 6.45) is 3.04. The van der Waals surface area contributed by atoms with E-state index in [-0.39, 0.29) is 10.8 Å². The highest BCUT2D eigenvalue weighted by Gasteiger charge is 2.22. The molecule has 0 spiro atoms. The van der Waals surface area contributed by atoms with Crippen LogP contribution in [0.15, 0.2) is 11.0 Å². The zero-order valence-corrected chi connectivity index (χ0v) is 13.9. The summed E-state index contributed by atoms with van der Waals surface area (Å²) in [6.45, 7) is 7.79. The fourth-order valence-corrected chi connectivity index (χ4v) is 3.66. The Morgan fingerprint density at radius 1 is 1.19 bits per heavy atom. The quantitative estimate of drug-likeness (QED) is 0.789. The molecule has 5 nitrogen and oxygen atoms in total. The molecule has 21 heavy (non-hydrogen) atoms. The summed E-state index contributed by atoms with van der Waals surface area (Å²) in [5.41, 5.74) is 2.14. The lowest BCUT2D eigenvalue weighted by Crippen LogP contribution is -2.27. The van der Waals surface area contributed by atoms with Gasteiger partial charge in [0, 0.05) is 12.1 Å². The van der Waals surface area contributed by atoms with Crippen LogP contribution < -0.4 is 10.5 Å². The second kappa shape index (κ2) is 7.04. The second-order valence-electron chi connectivity index (χ2n) is 5.35. The molecule has 0 atom stereocenters. The van der Waals surface area contributed by atoms with Gasteiger partial charge in [0.1, 0.15) is 0 Å². The van der Waals surface area contributed by atoms with Crippen molar-refractivity contribution in [2.24, 2.45) is 5.14 Å². The number of primary sulfonamides is 1. The lowest BCUT2D eigenvalue weighted by molar-refractivity contribution is 0.0951. The van der Waals surface area contributed by atoms with Gasteiger partial charge in [-0.25, -0.2) is 13.6 Å². The van der Waals surface area contributed by atoms with Gasteiger partial charge < -0.3 is 5.32 Å². The first kappa shape index (κ1) is 17.7. The van der Waals surface area contributed by atoms with E-state index < -0.39 is 10.0 Å². The van der Waals surface area contributed by atoms with Gasteiger partial charge in [-0.15, -0.1) is 0 Å². The minimum atomic E-state index is -3.85. The topological polar surface area (TPSA) is 89.3 Å². The third kappa shape index (κ3) is 4.28. The monoisotopic (exact) mass is 312 g/mol. The van der Waals surface area contributed by atoms with Crippen LogP contribution in [0, 0.1) is 20.8 Å². The molecule has 0 aromatic heterocycles. The van der Waals surface area contributed by atoms with Crippen LogP contribution >= 0.6 is 0 Å². The van der Waals surface area contributed by atoms with Gasteiger partial charge >= 0.3 is 0 Å². The van der Waals surface area contributed by atoms with Crippen molar-refractivity contribution >= 4 is 15.9 Å². The molecule has 0 aliphatic carbocycles. The number of benzene rings is 1. The zero-order chi connectivity index (χ0) is 16.2. The average Bonchev–Trinajstić information content (AvgIpc) is 2.32. The summed E-state index contributed by atoms with van der Waals surface area (Å²) in [4.78, 5) is 12.3. The van der Waals surface area contributed by atoms with Gasteiger partial charge in [0.05, 0.1) is 4.90 Å². The minimum absolute atomic E-state index is 0.0480. The van der Waals surface area contributed by atoms with Crippen LogP contribution in [-0.2, 0) is 10.0 Å². The maximum absolute atomic E-state index is 12.3. The Balaban J connectivity index is 3.16. The molecule has 0 radical (unpaired) electrons. The summed E-state index contributed by atoms with van der Waals surface area (Å²) in [7, 11) is -3.85. The van der Waals surface area contributed by atoms with Gasteiger partial charge in [-0.2, -0.15) is 0 Å². The lowest BCUT2D eigenvalue weighted by atomic mass is 9.99. The Labute approximate surface area is 127 Å². The molecule has 1 amide bonds. The van der Waals surface area contributed by atoms with E-state index >= 15 is 0 Å². The third-order valence-electron chi connectivity index (χ3n) is 3.48. The Morgan fingerprint density at radius 2 is 1.81 bits per heavy atom. The first-order valence-corrected chi connectivity index (χ1v) is 8.66. The molecule has 0 bridgehead atoms. The van der Waals surface area contributed by atoms with Crippen molar-refractivity contribution in [3.63, 3.8) is 0 Å². The zero-order valence-electron chi connectivity index (χ0n) is 13.1. The van der Waals surface area contributed by atoms with E-state index in [1.54, 1.807) is 26.8 Å². The van der Waals surface area contributed by atoms with Gasteiger partial charge in [-0.1, -0.05) is 25.8 Å². The summed E-state index contributed by atoms with van der Waals surface area (Å²) in [5.74, 6) is -0.244. The molecule has 0 aliphatic rings. The Kier molecular flexibility index (Phi) is 5.92. The number of nitrogens with two attached hydrogens (primary N) is 1. The van der Waals surface area contributed by atoms with Crippen molar-refractivity contribution in [1.29, 1.82) is 0 Å². The number of nitrogens with one attached hydrogen (secondary N) is 1. The number of hydrogen-bond acceptors (Lipinski definition) is 3. The Bertz CT molecular complexity index is 637. The molecular formula is C15H24N2O3S. The molecule has 0 fully saturated rings. The van der Waals surface area contributed by atoms with Gasteiger partial charge in [0.25, 0.3) is 5.91 Å². The van der Waals surface area contributed by atoms with Gasteiger partial charge in [-0.05, 0) is 43.9 Å². The molecule has 1 aromatic carbocycles. The summed E-state index contributed by atoms with van der Waals surface area (Å²) in [5, 5.41) is 8.10. The molecule has 0 heterocycles. The number of hydrogen-bond donors (Lipinski definition) is 2. The largest absolute Gasteiger partial charge is 0.352 e. The van der Waals surface area contributed by atoms with E-state index in [9.17, 15) is 13.2 Å². The predicted molar refractivity (Wildman–Crippen MR) is 83.9 cm³/mol. The molecule has 0 saturated carbocycles. The number of carbonyl (C=O) groups excluding carboxylic acids is 1. The van der Waals surface area contributed by atoms with Crippen LogP contribution in [-0.4, -0.2) is 20.9 Å². The summed E-state index contributed by atoms with van der Waals surface area (Å²) >= 11 is 0. The number of carbonyl (C=O) groups is 1. The van der Waals surface area contributed by atoms with Crippen molar-refractivity contribution in [3.8, 4) is 0 Å². The van der Waals surface area contributed by atoms with Crippen molar-refractivity contribution < 1.29 is 13.2 Å². The first-order chi connectivity index (χ1) is 9.70. The SMILES string of the molecule is CCCCCNC(=O)c1c(C)cc(C)c(S(N)(=O)=O)c1C. The highest BCUT2D eigenvalue weighted by atomic mass is 32.2. The van der Waals surface area contributed by atoms with E-state index in [0.29, 0.717) is 23.2 Å². The molecule has 6 heteroatoms. The molecule has 0 saturated heterocycles. The summed E-state index contributed by atoms with van der Waals surface area (Å²) in [6, 6.07) is 1.69. The standard InChI is InChI=1S/C15H24N2O3S/c1-5-6-7-8-17-15(18)13-10(2)9-11(3)14(12(13)4)21(16,19)20/h9H,5-8H2,1-4H3,(H,17,18)(H2,16,19,20). The first-order valence-electron chi connectivity index (χ1n) is 7.12. The van der Waals surface area contributed by atoms with Gasteiger partial charge in [0.2, 0.25) is 10.0 Å². The maximum Gasteiger partial charge on any atom is 0.251 e. The van der Waals surface area contributed by atoms with Crippen molar-refractivity contribution in [3.05, 3.63) is 28.3 Å². The number of rotatable bonds is 6. The molecule has 0 aliphatic heterocycles. The predicted octanol–water partition coefficient (Wildman–Crippen LogP) is 2.18. The molecule has 3 N–H and O–H groups in total. The minimum Gasteiger partial charge on any atom is -0.352 e. The molecule has 0 unspecified atom stereocenters. The maximum atomic E-state index is 12.3. The second-order valence-corrected chi connectivity index (χ2v) is 6.85.